The highest BCUT2D eigenvalue weighted by Crippen LogP contribution is 2.45. The van der Waals surface area contributed by atoms with Crippen LogP contribution in [0, 0.1) is 6.92 Å². The molecule has 1 N–H and O–H groups in total. The lowest BCUT2D eigenvalue weighted by molar-refractivity contribution is -0.167. The molecule has 5 rings (SSSR count). The third-order valence-corrected chi connectivity index (χ3v) is 7.67. The van der Waals surface area contributed by atoms with E-state index in [1.165, 1.54) is 16.7 Å². The molecule has 0 aliphatic carbocycles. The molecule has 4 nitrogen and oxygen atoms in total. The Bertz CT molecular complexity index is 1390. The van der Waals surface area contributed by atoms with Crippen molar-refractivity contribution >= 4 is 17.3 Å². The van der Waals surface area contributed by atoms with Crippen molar-refractivity contribution in [3.05, 3.63) is 130 Å². The quantitative estimate of drug-likeness (QED) is 0.219. The van der Waals surface area contributed by atoms with Gasteiger partial charge in [-0.05, 0) is 73.7 Å². The Balaban J connectivity index is 1.40. The van der Waals surface area contributed by atoms with E-state index in [0.717, 1.165) is 35.5 Å². The number of anilines is 1. The molecule has 0 bridgehead atoms. The van der Waals surface area contributed by atoms with Gasteiger partial charge in [0.05, 0.1) is 13.2 Å². The van der Waals surface area contributed by atoms with Crippen molar-refractivity contribution in [1.29, 1.82) is 0 Å². The Labute approximate surface area is 236 Å². The van der Waals surface area contributed by atoms with E-state index in [9.17, 15) is 0 Å². The largest absolute Gasteiger partial charge is 0.485 e. The first kappa shape index (κ1) is 27.3. The highest BCUT2D eigenvalue weighted by molar-refractivity contribution is 6.31. The van der Waals surface area contributed by atoms with Crippen LogP contribution in [0.4, 0.5) is 5.69 Å². The molecule has 1 heterocycles. The first-order valence-corrected chi connectivity index (χ1v) is 13.9. The molecule has 0 saturated carbocycles. The number of aryl methyl sites for hydroxylation is 1. The lowest BCUT2D eigenvalue weighted by Gasteiger charge is -2.44. The van der Waals surface area contributed by atoms with Gasteiger partial charge in [0.15, 0.2) is 0 Å². The van der Waals surface area contributed by atoms with E-state index in [1.54, 1.807) is 0 Å². The SMILES string of the molecule is Cc1ccccc1CNc1ccc2c(c1)C(OCCc1ccccc1)C(OCc1ccccc1Cl)C(C)(C)O2. The van der Waals surface area contributed by atoms with E-state index in [0.29, 0.717) is 18.2 Å². The third kappa shape index (κ3) is 6.65. The van der Waals surface area contributed by atoms with Gasteiger partial charge >= 0.3 is 0 Å². The molecule has 2 unspecified atom stereocenters. The lowest BCUT2D eigenvalue weighted by atomic mass is 9.87. The Morgan fingerprint density at radius 3 is 2.33 bits per heavy atom. The van der Waals surface area contributed by atoms with Crippen LogP contribution in [0.1, 0.15) is 47.8 Å². The van der Waals surface area contributed by atoms with Crippen LogP contribution in [0.5, 0.6) is 5.75 Å². The van der Waals surface area contributed by atoms with Crippen LogP contribution in [0.2, 0.25) is 5.02 Å². The van der Waals surface area contributed by atoms with Gasteiger partial charge in [-0.25, -0.2) is 0 Å². The fourth-order valence-electron chi connectivity index (χ4n) is 5.06. The second-order valence-electron chi connectivity index (χ2n) is 10.6. The molecule has 5 heteroatoms. The second kappa shape index (κ2) is 12.3. The van der Waals surface area contributed by atoms with E-state index in [-0.39, 0.29) is 12.2 Å². The molecule has 1 aliphatic rings. The van der Waals surface area contributed by atoms with Crippen LogP contribution in [0.3, 0.4) is 0 Å². The predicted octanol–water partition coefficient (Wildman–Crippen LogP) is 8.32. The summed E-state index contributed by atoms with van der Waals surface area (Å²) in [5.74, 6) is 0.823. The average molecular weight is 542 g/mol. The molecule has 0 saturated heterocycles. The number of rotatable bonds is 10. The normalized spacial score (nSPS) is 17.7. The smallest absolute Gasteiger partial charge is 0.132 e. The maximum Gasteiger partial charge on any atom is 0.132 e. The highest BCUT2D eigenvalue weighted by atomic mass is 35.5. The molecule has 39 heavy (non-hydrogen) atoms. The van der Waals surface area contributed by atoms with Crippen LogP contribution < -0.4 is 10.1 Å². The number of nitrogens with one attached hydrogen (secondary N) is 1. The van der Waals surface area contributed by atoms with Gasteiger partial charge in [-0.1, -0.05) is 84.4 Å². The van der Waals surface area contributed by atoms with Gasteiger partial charge in [0.2, 0.25) is 0 Å². The van der Waals surface area contributed by atoms with Crippen molar-refractivity contribution < 1.29 is 14.2 Å². The van der Waals surface area contributed by atoms with Gasteiger partial charge in [0, 0.05) is 22.8 Å². The minimum Gasteiger partial charge on any atom is -0.485 e. The van der Waals surface area contributed by atoms with Crippen molar-refractivity contribution in [2.45, 2.75) is 58.2 Å². The van der Waals surface area contributed by atoms with Crippen molar-refractivity contribution in [3.8, 4) is 5.75 Å². The van der Waals surface area contributed by atoms with Crippen molar-refractivity contribution in [3.63, 3.8) is 0 Å². The maximum atomic E-state index is 6.65. The zero-order valence-electron chi connectivity index (χ0n) is 22.8. The molecule has 4 aromatic carbocycles. The van der Waals surface area contributed by atoms with Crippen LogP contribution in [0.15, 0.2) is 97.1 Å². The maximum absolute atomic E-state index is 6.65. The van der Waals surface area contributed by atoms with E-state index >= 15 is 0 Å². The lowest BCUT2D eigenvalue weighted by Crippen LogP contribution is -2.51. The first-order chi connectivity index (χ1) is 18.9. The third-order valence-electron chi connectivity index (χ3n) is 7.30. The number of hydrogen-bond acceptors (Lipinski definition) is 4. The topological polar surface area (TPSA) is 39.7 Å². The summed E-state index contributed by atoms with van der Waals surface area (Å²) in [4.78, 5) is 0. The molecule has 2 atom stereocenters. The Kier molecular flexibility index (Phi) is 8.56. The molecule has 1 aliphatic heterocycles. The van der Waals surface area contributed by atoms with Gasteiger partial charge in [-0.3, -0.25) is 0 Å². The van der Waals surface area contributed by atoms with Crippen molar-refractivity contribution in [2.24, 2.45) is 0 Å². The van der Waals surface area contributed by atoms with E-state index < -0.39 is 5.60 Å². The molecular formula is C34H36ClNO3. The Hall–Kier alpha value is -3.31. The first-order valence-electron chi connectivity index (χ1n) is 13.5. The number of halogens is 1. The summed E-state index contributed by atoms with van der Waals surface area (Å²) in [7, 11) is 0. The van der Waals surface area contributed by atoms with E-state index in [1.807, 2.05) is 36.4 Å². The number of hydrogen-bond donors (Lipinski definition) is 1. The standard InChI is InChI=1S/C34H36ClNO3/c1-24-11-7-8-14-26(24)22-36-28-17-18-31-29(21-28)32(37-20-19-25-12-5-4-6-13-25)33(34(2,3)39-31)38-23-27-15-9-10-16-30(27)35/h4-18,21,32-33,36H,19-20,22-23H2,1-3H3. The van der Waals surface area contributed by atoms with E-state index in [4.69, 9.17) is 25.8 Å². The van der Waals surface area contributed by atoms with Gasteiger partial charge in [0.25, 0.3) is 0 Å². The molecule has 0 spiro atoms. The number of benzene rings is 4. The fraction of sp³-hybridized carbons (Fsp3) is 0.294. The summed E-state index contributed by atoms with van der Waals surface area (Å²) in [6, 6.07) is 32.9. The summed E-state index contributed by atoms with van der Waals surface area (Å²) in [6.07, 6.45) is 0.162. The summed E-state index contributed by atoms with van der Waals surface area (Å²) < 4.78 is 19.7. The van der Waals surface area contributed by atoms with Gasteiger partial charge in [0.1, 0.15) is 23.6 Å². The minimum atomic E-state index is -0.609. The van der Waals surface area contributed by atoms with Gasteiger partial charge in [-0.15, -0.1) is 0 Å². The van der Waals surface area contributed by atoms with Crippen molar-refractivity contribution in [2.75, 3.05) is 11.9 Å². The minimum absolute atomic E-state index is 0.310. The molecule has 0 aromatic heterocycles. The summed E-state index contributed by atoms with van der Waals surface area (Å²) >= 11 is 6.45. The zero-order valence-corrected chi connectivity index (χ0v) is 23.6. The van der Waals surface area contributed by atoms with E-state index in [2.05, 4.69) is 86.8 Å². The van der Waals surface area contributed by atoms with Crippen LogP contribution in [-0.2, 0) is 29.0 Å². The predicted molar refractivity (Wildman–Crippen MR) is 159 cm³/mol. The summed E-state index contributed by atoms with van der Waals surface area (Å²) in [6.45, 7) is 7.94. The Morgan fingerprint density at radius 1 is 0.846 bits per heavy atom. The second-order valence-corrected chi connectivity index (χ2v) is 11.0. The monoisotopic (exact) mass is 541 g/mol. The van der Waals surface area contributed by atoms with Gasteiger partial charge < -0.3 is 19.5 Å². The zero-order chi connectivity index (χ0) is 27.2. The summed E-state index contributed by atoms with van der Waals surface area (Å²) in [5.41, 5.74) is 6.11. The van der Waals surface area contributed by atoms with Crippen LogP contribution in [-0.4, -0.2) is 18.3 Å². The van der Waals surface area contributed by atoms with Crippen LogP contribution in [0.25, 0.3) is 0 Å². The summed E-state index contributed by atoms with van der Waals surface area (Å²) in [5, 5.41) is 4.28. The molecule has 0 amide bonds. The molecule has 0 fully saturated rings. The molecular weight excluding hydrogens is 506 g/mol. The number of ether oxygens (including phenoxy) is 3. The highest BCUT2D eigenvalue weighted by Gasteiger charge is 2.45. The van der Waals surface area contributed by atoms with Crippen molar-refractivity contribution in [1.82, 2.24) is 0 Å². The average Bonchev–Trinajstić information content (AvgIpc) is 2.93. The fourth-order valence-corrected chi connectivity index (χ4v) is 5.25. The number of fused-ring (bicyclic) bond motifs is 1. The molecule has 202 valence electrons. The van der Waals surface area contributed by atoms with Crippen LogP contribution >= 0.6 is 11.6 Å². The molecule has 0 radical (unpaired) electrons. The Morgan fingerprint density at radius 2 is 1.56 bits per heavy atom. The van der Waals surface area contributed by atoms with Gasteiger partial charge in [-0.2, -0.15) is 0 Å². The molecule has 4 aromatic rings.